The molecule has 1 amide bonds. The third kappa shape index (κ3) is 4.24. The summed E-state index contributed by atoms with van der Waals surface area (Å²) in [6.07, 6.45) is 9.65. The Morgan fingerprint density at radius 1 is 1.06 bits per heavy atom. The third-order valence-electron chi connectivity index (χ3n) is 10.1. The summed E-state index contributed by atoms with van der Waals surface area (Å²) in [5.41, 5.74) is 1.57. The standard InChI is InChI=1S/C26H43N3O3/c1-5-27-14-15-28-24(31)32-29-17(2)21-8-9-22-20-7-6-18-16-19(30)10-12-25(18,3)23(20)11-13-26(21,22)4/h18,20-23,27H,5-16H2,1-4H3,(H,28,31)/b29-17+/t18-,20-,21+,22-,23-,25-,26+/m0/s1. The van der Waals surface area contributed by atoms with Crippen LogP contribution in [0, 0.1) is 40.4 Å². The van der Waals surface area contributed by atoms with Crippen molar-refractivity contribution in [3.63, 3.8) is 0 Å². The lowest BCUT2D eigenvalue weighted by molar-refractivity contribution is -0.138. The van der Waals surface area contributed by atoms with Crippen molar-refractivity contribution in [2.45, 2.75) is 85.5 Å². The molecular weight excluding hydrogens is 402 g/mol. The molecule has 0 unspecified atom stereocenters. The van der Waals surface area contributed by atoms with E-state index < -0.39 is 6.09 Å². The summed E-state index contributed by atoms with van der Waals surface area (Å²) in [5.74, 6) is 3.75. The van der Waals surface area contributed by atoms with E-state index in [4.69, 9.17) is 4.84 Å². The van der Waals surface area contributed by atoms with Gasteiger partial charge in [-0.3, -0.25) is 9.63 Å². The first kappa shape index (κ1) is 23.7. The molecule has 0 spiro atoms. The number of rotatable bonds is 6. The lowest BCUT2D eigenvalue weighted by Gasteiger charge is -2.60. The molecule has 0 bridgehead atoms. The van der Waals surface area contributed by atoms with Gasteiger partial charge in [0.15, 0.2) is 0 Å². The molecule has 4 saturated carbocycles. The zero-order chi connectivity index (χ0) is 22.9. The lowest BCUT2D eigenvalue weighted by atomic mass is 9.44. The van der Waals surface area contributed by atoms with Crippen LogP contribution in [0.5, 0.6) is 0 Å². The molecule has 32 heavy (non-hydrogen) atoms. The zero-order valence-electron chi connectivity index (χ0n) is 20.5. The summed E-state index contributed by atoms with van der Waals surface area (Å²) >= 11 is 0. The first-order valence-corrected chi connectivity index (χ1v) is 13.0. The molecule has 0 aromatic carbocycles. The second-order valence-corrected chi connectivity index (χ2v) is 11.5. The molecule has 180 valence electrons. The number of hydrogen-bond acceptors (Lipinski definition) is 5. The molecule has 4 fully saturated rings. The minimum Gasteiger partial charge on any atom is -0.318 e. The van der Waals surface area contributed by atoms with Gasteiger partial charge in [0.2, 0.25) is 0 Å². The van der Waals surface area contributed by atoms with Gasteiger partial charge in [-0.25, -0.2) is 4.79 Å². The van der Waals surface area contributed by atoms with Gasteiger partial charge in [0, 0.05) is 31.8 Å². The molecule has 0 heterocycles. The van der Waals surface area contributed by atoms with Crippen LogP contribution in [0.2, 0.25) is 0 Å². The van der Waals surface area contributed by atoms with E-state index >= 15 is 0 Å². The first-order chi connectivity index (χ1) is 15.3. The highest BCUT2D eigenvalue weighted by Crippen LogP contribution is 2.67. The van der Waals surface area contributed by atoms with Crippen LogP contribution >= 0.6 is 0 Å². The summed E-state index contributed by atoms with van der Waals surface area (Å²) in [5, 5.41) is 10.2. The second kappa shape index (κ2) is 9.44. The summed E-state index contributed by atoms with van der Waals surface area (Å²) in [6, 6.07) is 0. The van der Waals surface area contributed by atoms with Gasteiger partial charge in [0.1, 0.15) is 5.78 Å². The molecule has 0 saturated heterocycles. The van der Waals surface area contributed by atoms with E-state index in [1.807, 2.05) is 13.8 Å². The van der Waals surface area contributed by atoms with Crippen LogP contribution in [0.1, 0.15) is 85.5 Å². The fraction of sp³-hybridized carbons (Fsp3) is 0.885. The molecule has 7 atom stereocenters. The summed E-state index contributed by atoms with van der Waals surface area (Å²) < 4.78 is 0. The fourth-order valence-electron chi connectivity index (χ4n) is 8.37. The van der Waals surface area contributed by atoms with Crippen molar-refractivity contribution in [2.75, 3.05) is 19.6 Å². The smallest absolute Gasteiger partial charge is 0.318 e. The van der Waals surface area contributed by atoms with E-state index in [0.717, 1.165) is 62.2 Å². The largest absolute Gasteiger partial charge is 0.433 e. The van der Waals surface area contributed by atoms with Gasteiger partial charge >= 0.3 is 6.09 Å². The zero-order valence-corrected chi connectivity index (χ0v) is 20.5. The minimum absolute atomic E-state index is 0.243. The lowest BCUT2D eigenvalue weighted by Crippen LogP contribution is -2.53. The number of carbonyl (C=O) groups is 2. The molecule has 0 aromatic rings. The highest BCUT2D eigenvalue weighted by atomic mass is 16.7. The molecule has 4 aliphatic rings. The predicted molar refractivity (Wildman–Crippen MR) is 126 cm³/mol. The summed E-state index contributed by atoms with van der Waals surface area (Å²) in [7, 11) is 0. The van der Waals surface area contributed by atoms with E-state index in [2.05, 4.69) is 29.6 Å². The maximum atomic E-state index is 12.1. The van der Waals surface area contributed by atoms with E-state index in [9.17, 15) is 9.59 Å². The Hall–Kier alpha value is -1.43. The Kier molecular flexibility index (Phi) is 7.00. The van der Waals surface area contributed by atoms with Crippen molar-refractivity contribution in [2.24, 2.45) is 45.6 Å². The van der Waals surface area contributed by atoms with Crippen molar-refractivity contribution in [1.29, 1.82) is 0 Å². The van der Waals surface area contributed by atoms with Gasteiger partial charge in [-0.05, 0) is 92.9 Å². The topological polar surface area (TPSA) is 79.8 Å². The van der Waals surface area contributed by atoms with Crippen molar-refractivity contribution in [3.8, 4) is 0 Å². The van der Waals surface area contributed by atoms with Gasteiger partial charge < -0.3 is 10.6 Å². The Morgan fingerprint density at radius 3 is 2.62 bits per heavy atom. The van der Waals surface area contributed by atoms with Crippen LogP contribution in [0.3, 0.4) is 0 Å². The number of carbonyl (C=O) groups excluding carboxylic acids is 2. The van der Waals surface area contributed by atoms with Crippen LogP contribution in [-0.2, 0) is 9.63 Å². The first-order valence-electron chi connectivity index (χ1n) is 13.0. The molecule has 6 heteroatoms. The molecule has 2 N–H and O–H groups in total. The van der Waals surface area contributed by atoms with E-state index in [1.54, 1.807) is 0 Å². The van der Waals surface area contributed by atoms with E-state index in [-0.39, 0.29) is 5.41 Å². The SMILES string of the molecule is CCNCCNC(=O)O/N=C(\C)[C@H]1CC[C@H]2[C@@H]3CC[C@H]4CC(=O)CC[C@]4(C)[C@H]3CC[C@]12C. The van der Waals surface area contributed by atoms with Gasteiger partial charge in [-0.1, -0.05) is 25.9 Å². The average molecular weight is 446 g/mol. The number of nitrogens with one attached hydrogen (secondary N) is 2. The fourth-order valence-corrected chi connectivity index (χ4v) is 8.37. The van der Waals surface area contributed by atoms with Crippen LogP contribution in [-0.4, -0.2) is 37.2 Å². The van der Waals surface area contributed by atoms with Crippen LogP contribution in [0.4, 0.5) is 4.79 Å². The van der Waals surface area contributed by atoms with Crippen molar-refractivity contribution >= 4 is 17.6 Å². The van der Waals surface area contributed by atoms with Crippen molar-refractivity contribution < 1.29 is 14.4 Å². The van der Waals surface area contributed by atoms with Crippen LogP contribution in [0.25, 0.3) is 0 Å². The van der Waals surface area contributed by atoms with E-state index in [1.165, 1.54) is 32.1 Å². The molecule has 0 radical (unpaired) electrons. The monoisotopic (exact) mass is 445 g/mol. The molecule has 0 aromatic heterocycles. The number of nitrogens with zero attached hydrogens (tertiary/aromatic N) is 1. The maximum absolute atomic E-state index is 12.1. The molecule has 0 aliphatic heterocycles. The van der Waals surface area contributed by atoms with Gasteiger partial charge in [-0.2, -0.15) is 0 Å². The highest BCUT2D eigenvalue weighted by molar-refractivity contribution is 5.85. The van der Waals surface area contributed by atoms with Crippen LogP contribution < -0.4 is 10.6 Å². The minimum atomic E-state index is -0.469. The number of ketones is 1. The summed E-state index contributed by atoms with van der Waals surface area (Å²) in [4.78, 5) is 29.3. The highest BCUT2D eigenvalue weighted by Gasteiger charge is 2.60. The number of amides is 1. The van der Waals surface area contributed by atoms with Crippen molar-refractivity contribution in [1.82, 2.24) is 10.6 Å². The Morgan fingerprint density at radius 2 is 1.84 bits per heavy atom. The number of likely N-dealkylation sites (N-methyl/N-ethyl adjacent to an activating group) is 1. The normalized spacial score (nSPS) is 41.4. The Bertz CT molecular complexity index is 753. The van der Waals surface area contributed by atoms with Gasteiger partial charge in [-0.15, -0.1) is 0 Å². The molecule has 6 nitrogen and oxygen atoms in total. The average Bonchev–Trinajstić information content (AvgIpc) is 3.13. The van der Waals surface area contributed by atoms with Crippen LogP contribution in [0.15, 0.2) is 5.16 Å². The van der Waals surface area contributed by atoms with E-state index in [0.29, 0.717) is 29.6 Å². The molecule has 4 rings (SSSR count). The summed E-state index contributed by atoms with van der Waals surface area (Å²) in [6.45, 7) is 11.2. The van der Waals surface area contributed by atoms with Crippen molar-refractivity contribution in [3.05, 3.63) is 0 Å². The number of hydrogen-bond donors (Lipinski definition) is 2. The van der Waals surface area contributed by atoms with Gasteiger partial charge in [0.25, 0.3) is 0 Å². The second-order valence-electron chi connectivity index (χ2n) is 11.5. The molecular formula is C26H43N3O3. The quantitative estimate of drug-likeness (QED) is 0.263. The van der Waals surface area contributed by atoms with Gasteiger partial charge in [0.05, 0.1) is 5.71 Å². The Balaban J connectivity index is 1.40. The molecule has 4 aliphatic carbocycles. The Labute approximate surface area is 193 Å². The number of fused-ring (bicyclic) bond motifs is 5. The predicted octanol–water partition coefficient (Wildman–Crippen LogP) is 4.93. The third-order valence-corrected chi connectivity index (χ3v) is 10.1. The maximum Gasteiger partial charge on any atom is 0.433 e. The number of Topliss-reactive ketones (excluding diaryl/α,β-unsaturated/α-hetero) is 1. The number of oxime groups is 1.